The highest BCUT2D eigenvalue weighted by molar-refractivity contribution is 9.10. The van der Waals surface area contributed by atoms with E-state index >= 15 is 0 Å². The molecule has 0 atom stereocenters. The molecule has 1 amide bonds. The highest BCUT2D eigenvalue weighted by Crippen LogP contribution is 2.26. The molecule has 3 nitrogen and oxygen atoms in total. The lowest BCUT2D eigenvalue weighted by Crippen LogP contribution is -2.15. The number of amides is 1. The minimum atomic E-state index is -0.482. The van der Waals surface area contributed by atoms with Crippen molar-refractivity contribution in [2.45, 2.75) is 0 Å². The van der Waals surface area contributed by atoms with Gasteiger partial charge in [0.2, 0.25) is 0 Å². The summed E-state index contributed by atoms with van der Waals surface area (Å²) in [6.07, 6.45) is 0. The Hall–Kier alpha value is -1.88. The first-order valence-electron chi connectivity index (χ1n) is 5.65. The summed E-state index contributed by atoms with van der Waals surface area (Å²) in [4.78, 5) is 12.2. The fourth-order valence-corrected chi connectivity index (χ4v) is 2.14. The van der Waals surface area contributed by atoms with Crippen molar-refractivity contribution in [2.24, 2.45) is 0 Å². The molecule has 0 aliphatic heterocycles. The first kappa shape index (κ1) is 13.5. The van der Waals surface area contributed by atoms with Crippen molar-refractivity contribution in [3.8, 4) is 0 Å². The van der Waals surface area contributed by atoms with Gasteiger partial charge in [-0.25, -0.2) is 4.39 Å². The Balaban J connectivity index is 2.31. The summed E-state index contributed by atoms with van der Waals surface area (Å²) in [6, 6.07) is 11.6. The molecule has 2 aromatic carbocycles. The van der Waals surface area contributed by atoms with Crippen LogP contribution in [0.4, 0.5) is 15.8 Å². The molecule has 98 valence electrons. The Labute approximate surface area is 119 Å². The molecule has 0 heterocycles. The van der Waals surface area contributed by atoms with Crippen molar-refractivity contribution in [2.75, 3.05) is 17.7 Å². The van der Waals surface area contributed by atoms with Crippen LogP contribution in [-0.2, 0) is 0 Å². The Morgan fingerprint density at radius 3 is 2.58 bits per heavy atom. The number of benzene rings is 2. The van der Waals surface area contributed by atoms with Crippen LogP contribution in [0.2, 0.25) is 0 Å². The molecule has 19 heavy (non-hydrogen) atoms. The molecule has 0 saturated carbocycles. The summed E-state index contributed by atoms with van der Waals surface area (Å²) in [7, 11) is 1.73. The fourth-order valence-electron chi connectivity index (χ4n) is 1.70. The number of nitrogens with one attached hydrogen (secondary N) is 2. The summed E-state index contributed by atoms with van der Waals surface area (Å²) < 4.78 is 14.2. The molecule has 5 heteroatoms. The average molecular weight is 323 g/mol. The number of hydrogen-bond acceptors (Lipinski definition) is 2. The van der Waals surface area contributed by atoms with E-state index in [1.807, 2.05) is 6.07 Å². The van der Waals surface area contributed by atoms with Crippen LogP contribution in [0.15, 0.2) is 46.9 Å². The monoisotopic (exact) mass is 322 g/mol. The van der Waals surface area contributed by atoms with E-state index in [0.717, 1.165) is 0 Å². The molecular formula is C14H12BrFN2O. The van der Waals surface area contributed by atoms with Gasteiger partial charge in [-0.1, -0.05) is 18.2 Å². The van der Waals surface area contributed by atoms with Crippen LogP contribution >= 0.6 is 15.9 Å². The second-order valence-electron chi connectivity index (χ2n) is 3.85. The fraction of sp³-hybridized carbons (Fsp3) is 0.0714. The van der Waals surface area contributed by atoms with E-state index in [-0.39, 0.29) is 11.6 Å². The van der Waals surface area contributed by atoms with E-state index in [0.29, 0.717) is 15.7 Å². The molecule has 0 aliphatic carbocycles. The number of carbonyl (C=O) groups excluding carboxylic acids is 1. The average Bonchev–Trinajstić information content (AvgIpc) is 2.42. The summed E-state index contributed by atoms with van der Waals surface area (Å²) in [5.41, 5.74) is 1.28. The number of para-hydroxylation sites is 2. The van der Waals surface area contributed by atoms with Crippen LogP contribution in [0.1, 0.15) is 10.4 Å². The third-order valence-corrected chi connectivity index (χ3v) is 3.30. The van der Waals surface area contributed by atoms with E-state index in [4.69, 9.17) is 0 Å². The Kier molecular flexibility index (Phi) is 4.16. The van der Waals surface area contributed by atoms with Gasteiger partial charge in [-0.05, 0) is 40.2 Å². The normalized spacial score (nSPS) is 10.1. The molecule has 0 radical (unpaired) electrons. The summed E-state index contributed by atoms with van der Waals surface area (Å²) in [5, 5.41) is 5.49. The van der Waals surface area contributed by atoms with Gasteiger partial charge in [0.25, 0.3) is 5.91 Å². The molecule has 0 saturated heterocycles. The van der Waals surface area contributed by atoms with Crippen molar-refractivity contribution in [1.29, 1.82) is 0 Å². The van der Waals surface area contributed by atoms with Crippen molar-refractivity contribution in [3.63, 3.8) is 0 Å². The smallest absolute Gasteiger partial charge is 0.257 e. The zero-order chi connectivity index (χ0) is 13.8. The molecular weight excluding hydrogens is 311 g/mol. The summed E-state index contributed by atoms with van der Waals surface area (Å²) >= 11 is 3.21. The molecule has 2 N–H and O–H groups in total. The lowest BCUT2D eigenvalue weighted by atomic mass is 10.1. The molecule has 0 bridgehead atoms. The van der Waals surface area contributed by atoms with Gasteiger partial charge in [-0.15, -0.1) is 0 Å². The van der Waals surface area contributed by atoms with Gasteiger partial charge < -0.3 is 10.6 Å². The van der Waals surface area contributed by atoms with Crippen molar-refractivity contribution in [1.82, 2.24) is 0 Å². The first-order valence-corrected chi connectivity index (χ1v) is 6.45. The van der Waals surface area contributed by atoms with Crippen LogP contribution in [0.25, 0.3) is 0 Å². The third kappa shape index (κ3) is 2.93. The first-order chi connectivity index (χ1) is 9.13. The zero-order valence-electron chi connectivity index (χ0n) is 10.2. The zero-order valence-corrected chi connectivity index (χ0v) is 11.8. The SMILES string of the molecule is CNc1ccccc1C(=O)Nc1c(F)cccc1Br. The Bertz CT molecular complexity index is 596. The predicted octanol–water partition coefficient (Wildman–Crippen LogP) is 3.88. The maximum absolute atomic E-state index is 13.6. The number of anilines is 2. The Morgan fingerprint density at radius 2 is 1.89 bits per heavy atom. The quantitative estimate of drug-likeness (QED) is 0.900. The topological polar surface area (TPSA) is 41.1 Å². The molecule has 0 aromatic heterocycles. The Morgan fingerprint density at radius 1 is 1.16 bits per heavy atom. The molecule has 0 fully saturated rings. The molecule has 2 aromatic rings. The summed E-state index contributed by atoms with van der Waals surface area (Å²) in [6.45, 7) is 0. The summed E-state index contributed by atoms with van der Waals surface area (Å²) in [5.74, 6) is -0.847. The van der Waals surface area contributed by atoms with Crippen molar-refractivity contribution >= 4 is 33.2 Å². The molecule has 0 unspecified atom stereocenters. The van der Waals surface area contributed by atoms with Crippen LogP contribution in [0.3, 0.4) is 0 Å². The molecule has 0 spiro atoms. The number of hydrogen-bond donors (Lipinski definition) is 2. The lowest BCUT2D eigenvalue weighted by Gasteiger charge is -2.11. The highest BCUT2D eigenvalue weighted by Gasteiger charge is 2.14. The molecule has 0 aliphatic rings. The van der Waals surface area contributed by atoms with E-state index in [1.54, 1.807) is 37.4 Å². The second kappa shape index (κ2) is 5.84. The van der Waals surface area contributed by atoms with Crippen LogP contribution in [0, 0.1) is 5.82 Å². The van der Waals surface area contributed by atoms with Gasteiger partial charge in [0.05, 0.1) is 11.3 Å². The van der Waals surface area contributed by atoms with E-state index in [1.165, 1.54) is 6.07 Å². The standard InChI is InChI=1S/C14H12BrFN2O/c1-17-12-8-3-2-5-9(12)14(19)18-13-10(15)6-4-7-11(13)16/h2-8,17H,1H3,(H,18,19). The van der Waals surface area contributed by atoms with Crippen molar-refractivity contribution in [3.05, 3.63) is 58.3 Å². The molecule has 2 rings (SSSR count). The number of rotatable bonds is 3. The maximum atomic E-state index is 13.6. The van der Waals surface area contributed by atoms with Gasteiger partial charge in [0, 0.05) is 17.2 Å². The van der Waals surface area contributed by atoms with Gasteiger partial charge in [0.15, 0.2) is 0 Å². The number of carbonyl (C=O) groups is 1. The van der Waals surface area contributed by atoms with Crippen LogP contribution < -0.4 is 10.6 Å². The maximum Gasteiger partial charge on any atom is 0.257 e. The van der Waals surface area contributed by atoms with Gasteiger partial charge >= 0.3 is 0 Å². The number of halogens is 2. The minimum absolute atomic E-state index is 0.137. The van der Waals surface area contributed by atoms with Gasteiger partial charge in [-0.2, -0.15) is 0 Å². The van der Waals surface area contributed by atoms with Gasteiger partial charge in [0.1, 0.15) is 5.82 Å². The van der Waals surface area contributed by atoms with Crippen LogP contribution in [0.5, 0.6) is 0 Å². The van der Waals surface area contributed by atoms with Crippen LogP contribution in [-0.4, -0.2) is 13.0 Å². The largest absolute Gasteiger partial charge is 0.387 e. The third-order valence-electron chi connectivity index (χ3n) is 2.64. The minimum Gasteiger partial charge on any atom is -0.387 e. The predicted molar refractivity (Wildman–Crippen MR) is 78.0 cm³/mol. The highest BCUT2D eigenvalue weighted by atomic mass is 79.9. The lowest BCUT2D eigenvalue weighted by molar-refractivity contribution is 0.102. The second-order valence-corrected chi connectivity index (χ2v) is 4.70. The van der Waals surface area contributed by atoms with E-state index in [9.17, 15) is 9.18 Å². The van der Waals surface area contributed by atoms with E-state index in [2.05, 4.69) is 26.6 Å². The van der Waals surface area contributed by atoms with Gasteiger partial charge in [-0.3, -0.25) is 4.79 Å². The van der Waals surface area contributed by atoms with E-state index < -0.39 is 5.82 Å². The van der Waals surface area contributed by atoms with Crippen molar-refractivity contribution < 1.29 is 9.18 Å².